The van der Waals surface area contributed by atoms with Crippen molar-refractivity contribution in [2.45, 2.75) is 25.9 Å². The van der Waals surface area contributed by atoms with Gasteiger partial charge in [0.15, 0.2) is 0 Å². The van der Waals surface area contributed by atoms with E-state index in [1.807, 2.05) is 38.2 Å². The van der Waals surface area contributed by atoms with Crippen LogP contribution >= 0.6 is 0 Å². The number of benzene rings is 1. The summed E-state index contributed by atoms with van der Waals surface area (Å²) < 4.78 is 0. The van der Waals surface area contributed by atoms with Crippen molar-refractivity contribution in [3.63, 3.8) is 0 Å². The van der Waals surface area contributed by atoms with Crippen LogP contribution in [0.3, 0.4) is 0 Å². The molecule has 0 spiro atoms. The fourth-order valence-electron chi connectivity index (χ4n) is 2.47. The molecule has 1 aromatic rings. The van der Waals surface area contributed by atoms with Gasteiger partial charge >= 0.3 is 0 Å². The van der Waals surface area contributed by atoms with Gasteiger partial charge in [-0.25, -0.2) is 0 Å². The van der Waals surface area contributed by atoms with Gasteiger partial charge in [-0.2, -0.15) is 0 Å². The first-order valence-electron chi connectivity index (χ1n) is 6.87. The second kappa shape index (κ2) is 6.06. The van der Waals surface area contributed by atoms with E-state index in [9.17, 15) is 9.90 Å². The third-order valence-electron chi connectivity index (χ3n) is 3.60. The molecule has 0 bridgehead atoms. The van der Waals surface area contributed by atoms with E-state index >= 15 is 0 Å². The number of rotatable bonds is 5. The third-order valence-corrected chi connectivity index (χ3v) is 3.60. The van der Waals surface area contributed by atoms with Crippen LogP contribution in [0.1, 0.15) is 30.1 Å². The fraction of sp³-hybridized carbons (Fsp3) is 0.533. The standard InChI is InChI=1S/C15H22N2O2/c1-3-16-13-6-4-12(5-7-13)15(19)17(2)10-11-8-14(18)9-11/h4-7,11,14,16,18H,3,8-10H2,1-2H3. The summed E-state index contributed by atoms with van der Waals surface area (Å²) in [7, 11) is 1.82. The van der Waals surface area contributed by atoms with Gasteiger partial charge in [0.05, 0.1) is 6.10 Å². The van der Waals surface area contributed by atoms with Gasteiger partial charge in [0.2, 0.25) is 0 Å². The smallest absolute Gasteiger partial charge is 0.253 e. The second-order valence-electron chi connectivity index (χ2n) is 5.28. The minimum Gasteiger partial charge on any atom is -0.393 e. The molecule has 4 nitrogen and oxygen atoms in total. The Morgan fingerprint density at radius 3 is 2.53 bits per heavy atom. The summed E-state index contributed by atoms with van der Waals surface area (Å²) in [5.41, 5.74) is 1.74. The molecule has 0 atom stereocenters. The van der Waals surface area contributed by atoms with Crippen molar-refractivity contribution in [1.29, 1.82) is 0 Å². The van der Waals surface area contributed by atoms with Crippen LogP contribution in [0.25, 0.3) is 0 Å². The van der Waals surface area contributed by atoms with Gasteiger partial charge < -0.3 is 15.3 Å². The Hall–Kier alpha value is -1.55. The molecule has 1 aromatic carbocycles. The molecule has 1 saturated carbocycles. The molecule has 2 N–H and O–H groups in total. The Morgan fingerprint density at radius 1 is 1.37 bits per heavy atom. The molecule has 1 aliphatic rings. The summed E-state index contributed by atoms with van der Waals surface area (Å²) in [6.45, 7) is 3.64. The van der Waals surface area contributed by atoms with Gasteiger partial charge in [-0.15, -0.1) is 0 Å². The molecule has 4 heteroatoms. The lowest BCUT2D eigenvalue weighted by Crippen LogP contribution is -2.39. The summed E-state index contributed by atoms with van der Waals surface area (Å²) in [5, 5.41) is 12.5. The highest BCUT2D eigenvalue weighted by Crippen LogP contribution is 2.27. The largest absolute Gasteiger partial charge is 0.393 e. The van der Waals surface area contributed by atoms with E-state index in [4.69, 9.17) is 0 Å². The number of amides is 1. The number of aliphatic hydroxyl groups is 1. The molecule has 0 heterocycles. The van der Waals surface area contributed by atoms with Crippen LogP contribution in [0.15, 0.2) is 24.3 Å². The molecule has 0 radical (unpaired) electrons. The zero-order chi connectivity index (χ0) is 13.8. The molecule has 0 unspecified atom stereocenters. The molecule has 0 aliphatic heterocycles. The van der Waals surface area contributed by atoms with E-state index < -0.39 is 0 Å². The van der Waals surface area contributed by atoms with E-state index in [0.29, 0.717) is 11.5 Å². The summed E-state index contributed by atoms with van der Waals surface area (Å²) >= 11 is 0. The lowest BCUT2D eigenvalue weighted by atomic mass is 9.82. The van der Waals surface area contributed by atoms with Crippen LogP contribution in [-0.4, -0.2) is 42.2 Å². The third kappa shape index (κ3) is 3.47. The number of carbonyl (C=O) groups is 1. The number of hydrogen-bond donors (Lipinski definition) is 2. The van der Waals surface area contributed by atoms with Crippen molar-refractivity contribution < 1.29 is 9.90 Å². The van der Waals surface area contributed by atoms with E-state index in [1.54, 1.807) is 4.90 Å². The monoisotopic (exact) mass is 262 g/mol. The van der Waals surface area contributed by atoms with Crippen molar-refractivity contribution in [3.05, 3.63) is 29.8 Å². The lowest BCUT2D eigenvalue weighted by Gasteiger charge is -2.34. The van der Waals surface area contributed by atoms with Crippen molar-refractivity contribution in [2.75, 3.05) is 25.5 Å². The molecule has 104 valence electrons. The lowest BCUT2D eigenvalue weighted by molar-refractivity contribution is 0.0265. The Labute approximate surface area is 114 Å². The van der Waals surface area contributed by atoms with Gasteiger partial charge in [-0.1, -0.05) is 0 Å². The molecule has 2 rings (SSSR count). The number of hydrogen-bond acceptors (Lipinski definition) is 3. The zero-order valence-corrected chi connectivity index (χ0v) is 11.6. The highest BCUT2D eigenvalue weighted by Gasteiger charge is 2.29. The van der Waals surface area contributed by atoms with Crippen LogP contribution < -0.4 is 5.32 Å². The van der Waals surface area contributed by atoms with Gasteiger partial charge in [-0.05, 0) is 49.9 Å². The maximum absolute atomic E-state index is 12.2. The van der Waals surface area contributed by atoms with Crippen molar-refractivity contribution in [1.82, 2.24) is 4.90 Å². The van der Waals surface area contributed by atoms with Crippen LogP contribution in [0.2, 0.25) is 0 Å². The number of aliphatic hydroxyl groups excluding tert-OH is 1. The van der Waals surface area contributed by atoms with Crippen LogP contribution in [-0.2, 0) is 0 Å². The summed E-state index contributed by atoms with van der Waals surface area (Å²) in [6.07, 6.45) is 1.47. The molecule has 1 aliphatic carbocycles. The average Bonchev–Trinajstić information content (AvgIpc) is 2.37. The summed E-state index contributed by atoms with van der Waals surface area (Å²) in [5.74, 6) is 0.495. The van der Waals surface area contributed by atoms with Gasteiger partial charge in [0.25, 0.3) is 5.91 Å². The van der Waals surface area contributed by atoms with Gasteiger partial charge in [0, 0.05) is 31.4 Å². The number of nitrogens with zero attached hydrogens (tertiary/aromatic N) is 1. The van der Waals surface area contributed by atoms with Crippen LogP contribution in [0, 0.1) is 5.92 Å². The highest BCUT2D eigenvalue weighted by molar-refractivity contribution is 5.94. The normalized spacial score (nSPS) is 21.6. The Balaban J connectivity index is 1.90. The number of anilines is 1. The molecule has 1 fully saturated rings. The molecular weight excluding hydrogens is 240 g/mol. The first-order valence-corrected chi connectivity index (χ1v) is 6.87. The van der Waals surface area contributed by atoms with Crippen LogP contribution in [0.5, 0.6) is 0 Å². The van der Waals surface area contributed by atoms with Crippen molar-refractivity contribution >= 4 is 11.6 Å². The maximum atomic E-state index is 12.2. The SMILES string of the molecule is CCNc1ccc(C(=O)N(C)CC2CC(O)C2)cc1. The quantitative estimate of drug-likeness (QED) is 0.853. The minimum atomic E-state index is -0.159. The Kier molecular flexibility index (Phi) is 4.43. The summed E-state index contributed by atoms with van der Waals surface area (Å²) in [4.78, 5) is 14.0. The molecule has 19 heavy (non-hydrogen) atoms. The van der Waals surface area contributed by atoms with Crippen LogP contribution in [0.4, 0.5) is 5.69 Å². The topological polar surface area (TPSA) is 52.6 Å². The van der Waals surface area contributed by atoms with E-state index in [0.717, 1.165) is 31.6 Å². The predicted octanol–water partition coefficient (Wildman–Crippen LogP) is 1.96. The number of nitrogens with one attached hydrogen (secondary N) is 1. The molecular formula is C15H22N2O2. The first-order chi connectivity index (χ1) is 9.10. The first kappa shape index (κ1) is 13.9. The molecule has 0 saturated heterocycles. The van der Waals surface area contributed by atoms with E-state index in [1.165, 1.54) is 0 Å². The van der Waals surface area contributed by atoms with E-state index in [-0.39, 0.29) is 12.0 Å². The average molecular weight is 262 g/mol. The second-order valence-corrected chi connectivity index (χ2v) is 5.28. The Bertz CT molecular complexity index is 424. The number of carbonyl (C=O) groups excluding carboxylic acids is 1. The zero-order valence-electron chi connectivity index (χ0n) is 11.6. The van der Waals surface area contributed by atoms with Crippen molar-refractivity contribution in [3.8, 4) is 0 Å². The van der Waals surface area contributed by atoms with E-state index in [2.05, 4.69) is 5.32 Å². The molecule has 0 aromatic heterocycles. The molecule has 1 amide bonds. The highest BCUT2D eigenvalue weighted by atomic mass is 16.3. The summed E-state index contributed by atoms with van der Waals surface area (Å²) in [6, 6.07) is 7.56. The maximum Gasteiger partial charge on any atom is 0.253 e. The predicted molar refractivity (Wildman–Crippen MR) is 76.3 cm³/mol. The van der Waals surface area contributed by atoms with Crippen molar-refractivity contribution in [2.24, 2.45) is 5.92 Å². The van der Waals surface area contributed by atoms with Gasteiger partial charge in [-0.3, -0.25) is 4.79 Å². The van der Waals surface area contributed by atoms with Gasteiger partial charge in [0.1, 0.15) is 0 Å². The Morgan fingerprint density at radius 2 is 2.00 bits per heavy atom. The minimum absolute atomic E-state index is 0.0458. The fourth-order valence-corrected chi connectivity index (χ4v) is 2.47.